The highest BCUT2D eigenvalue weighted by Gasteiger charge is 1.99. The lowest BCUT2D eigenvalue weighted by molar-refractivity contribution is -0.119. The van der Waals surface area contributed by atoms with Crippen molar-refractivity contribution >= 4 is 5.91 Å². The smallest absolute Gasteiger partial charge is 0.217 e. The van der Waals surface area contributed by atoms with Crippen LogP contribution < -0.4 is 5.32 Å². The molecule has 1 N–H and O–H groups in total. The zero-order chi connectivity index (χ0) is 12.1. The van der Waals surface area contributed by atoms with Gasteiger partial charge in [0.25, 0.3) is 0 Å². The number of amides is 1. The second-order valence-electron chi connectivity index (χ2n) is 3.81. The van der Waals surface area contributed by atoms with Crippen molar-refractivity contribution in [2.75, 3.05) is 0 Å². The lowest BCUT2D eigenvalue weighted by Gasteiger charge is -2.04. The molecule has 17 heavy (non-hydrogen) atoms. The summed E-state index contributed by atoms with van der Waals surface area (Å²) in [6.07, 6.45) is 1.83. The first-order valence-corrected chi connectivity index (χ1v) is 5.50. The molecular weight excluding hydrogens is 212 g/mol. The van der Waals surface area contributed by atoms with Gasteiger partial charge in [-0.05, 0) is 11.6 Å². The Bertz CT molecular complexity index is 491. The highest BCUT2D eigenvalue weighted by atomic mass is 16.1. The van der Waals surface area contributed by atoms with Gasteiger partial charge in [-0.25, -0.2) is 0 Å². The van der Waals surface area contributed by atoms with E-state index in [-0.39, 0.29) is 5.91 Å². The van der Waals surface area contributed by atoms with Gasteiger partial charge in [-0.1, -0.05) is 36.4 Å². The van der Waals surface area contributed by atoms with E-state index in [0.29, 0.717) is 6.54 Å². The van der Waals surface area contributed by atoms with Crippen molar-refractivity contribution in [1.29, 1.82) is 0 Å². The number of nitrogens with one attached hydrogen (secondary N) is 1. The van der Waals surface area contributed by atoms with E-state index in [1.54, 1.807) is 0 Å². The fourth-order valence-corrected chi connectivity index (χ4v) is 1.55. The first-order valence-electron chi connectivity index (χ1n) is 5.50. The quantitative estimate of drug-likeness (QED) is 0.873. The molecule has 0 aliphatic carbocycles. The van der Waals surface area contributed by atoms with Crippen LogP contribution in [0, 0.1) is 0 Å². The van der Waals surface area contributed by atoms with E-state index in [1.807, 2.05) is 48.7 Å². The van der Waals surface area contributed by atoms with Crippen LogP contribution in [0.25, 0.3) is 11.1 Å². The molecule has 0 aliphatic heterocycles. The molecule has 1 aromatic carbocycles. The van der Waals surface area contributed by atoms with Crippen molar-refractivity contribution in [2.24, 2.45) is 0 Å². The van der Waals surface area contributed by atoms with Crippen molar-refractivity contribution in [3.05, 3.63) is 54.4 Å². The van der Waals surface area contributed by atoms with Gasteiger partial charge in [0.05, 0.1) is 12.2 Å². The van der Waals surface area contributed by atoms with Crippen LogP contribution in [0.4, 0.5) is 0 Å². The number of rotatable bonds is 3. The monoisotopic (exact) mass is 226 g/mol. The summed E-state index contributed by atoms with van der Waals surface area (Å²) in [5, 5.41) is 2.72. The Labute approximate surface area is 101 Å². The largest absolute Gasteiger partial charge is 0.351 e. The molecule has 86 valence electrons. The minimum atomic E-state index is -0.0427. The van der Waals surface area contributed by atoms with Gasteiger partial charge in [-0.2, -0.15) is 0 Å². The molecule has 0 spiro atoms. The minimum Gasteiger partial charge on any atom is -0.351 e. The summed E-state index contributed by atoms with van der Waals surface area (Å²) in [6.45, 7) is 1.97. The molecule has 0 saturated heterocycles. The average molecular weight is 226 g/mol. The Morgan fingerprint density at radius 2 is 1.88 bits per heavy atom. The summed E-state index contributed by atoms with van der Waals surface area (Å²) < 4.78 is 0. The van der Waals surface area contributed by atoms with E-state index in [2.05, 4.69) is 10.3 Å². The molecule has 0 fully saturated rings. The van der Waals surface area contributed by atoms with Crippen molar-refractivity contribution in [3.63, 3.8) is 0 Å². The van der Waals surface area contributed by atoms with Crippen LogP contribution in [0.3, 0.4) is 0 Å². The van der Waals surface area contributed by atoms with Crippen LogP contribution in [0.2, 0.25) is 0 Å². The summed E-state index contributed by atoms with van der Waals surface area (Å²) in [4.78, 5) is 15.1. The maximum atomic E-state index is 10.8. The maximum absolute atomic E-state index is 10.8. The zero-order valence-corrected chi connectivity index (χ0v) is 9.68. The molecule has 0 atom stereocenters. The predicted molar refractivity (Wildman–Crippen MR) is 67.2 cm³/mol. The first kappa shape index (κ1) is 11.3. The van der Waals surface area contributed by atoms with Gasteiger partial charge in [-0.3, -0.25) is 9.78 Å². The van der Waals surface area contributed by atoms with E-state index in [1.165, 1.54) is 6.92 Å². The van der Waals surface area contributed by atoms with Crippen LogP contribution in [0.15, 0.2) is 48.7 Å². The van der Waals surface area contributed by atoms with Crippen LogP contribution in [-0.2, 0) is 11.3 Å². The summed E-state index contributed by atoms with van der Waals surface area (Å²) >= 11 is 0. The number of carbonyl (C=O) groups is 1. The summed E-state index contributed by atoms with van der Waals surface area (Å²) in [6, 6.07) is 14.0. The topological polar surface area (TPSA) is 42.0 Å². The van der Waals surface area contributed by atoms with Crippen molar-refractivity contribution in [1.82, 2.24) is 10.3 Å². The lowest BCUT2D eigenvalue weighted by atomic mass is 10.1. The predicted octanol–water partition coefficient (Wildman–Crippen LogP) is 2.38. The van der Waals surface area contributed by atoms with Gasteiger partial charge < -0.3 is 5.32 Å². The van der Waals surface area contributed by atoms with Gasteiger partial charge in [0.2, 0.25) is 5.91 Å². The second kappa shape index (κ2) is 5.25. The Hall–Kier alpha value is -2.16. The minimum absolute atomic E-state index is 0.0427. The second-order valence-corrected chi connectivity index (χ2v) is 3.81. The highest BCUT2D eigenvalue weighted by Crippen LogP contribution is 2.17. The fourth-order valence-electron chi connectivity index (χ4n) is 1.55. The van der Waals surface area contributed by atoms with Crippen LogP contribution in [0.1, 0.15) is 12.6 Å². The molecule has 3 nitrogen and oxygen atoms in total. The van der Waals surface area contributed by atoms with Crippen LogP contribution >= 0.6 is 0 Å². The standard InChI is InChI=1S/C14H14N2O/c1-11(17)15-10-14-8-7-13(9-16-14)12-5-3-2-4-6-12/h2-9H,10H2,1H3,(H,15,17). The fraction of sp³-hybridized carbons (Fsp3) is 0.143. The van der Waals surface area contributed by atoms with Crippen molar-refractivity contribution in [3.8, 4) is 11.1 Å². The van der Waals surface area contributed by atoms with E-state index >= 15 is 0 Å². The van der Waals surface area contributed by atoms with Crippen molar-refractivity contribution < 1.29 is 4.79 Å². The van der Waals surface area contributed by atoms with Gasteiger partial charge in [0.1, 0.15) is 0 Å². The number of carbonyl (C=O) groups excluding carboxylic acids is 1. The van der Waals surface area contributed by atoms with E-state index < -0.39 is 0 Å². The molecule has 0 unspecified atom stereocenters. The molecule has 1 aromatic heterocycles. The molecule has 0 aliphatic rings. The summed E-state index contributed by atoms with van der Waals surface area (Å²) in [5.74, 6) is -0.0427. The Kier molecular flexibility index (Phi) is 3.50. The molecule has 2 aromatic rings. The zero-order valence-electron chi connectivity index (χ0n) is 9.68. The normalized spacial score (nSPS) is 9.94. The van der Waals surface area contributed by atoms with E-state index in [9.17, 15) is 4.79 Å². The number of aromatic nitrogens is 1. The molecule has 1 heterocycles. The summed E-state index contributed by atoms with van der Waals surface area (Å²) in [7, 11) is 0. The molecule has 0 bridgehead atoms. The lowest BCUT2D eigenvalue weighted by Crippen LogP contribution is -2.19. The highest BCUT2D eigenvalue weighted by molar-refractivity contribution is 5.72. The third-order valence-electron chi connectivity index (χ3n) is 2.45. The maximum Gasteiger partial charge on any atom is 0.217 e. The number of benzene rings is 1. The third-order valence-corrected chi connectivity index (χ3v) is 2.45. The molecule has 1 amide bonds. The number of pyridine rings is 1. The van der Waals surface area contributed by atoms with Gasteiger partial charge in [-0.15, -0.1) is 0 Å². The SMILES string of the molecule is CC(=O)NCc1ccc(-c2ccccc2)cn1. The number of hydrogen-bond acceptors (Lipinski definition) is 2. The molecule has 2 rings (SSSR count). The van der Waals surface area contributed by atoms with Gasteiger partial charge >= 0.3 is 0 Å². The molecule has 0 radical (unpaired) electrons. The van der Waals surface area contributed by atoms with Gasteiger partial charge in [0, 0.05) is 18.7 Å². The summed E-state index contributed by atoms with van der Waals surface area (Å²) in [5.41, 5.74) is 3.09. The number of hydrogen-bond donors (Lipinski definition) is 1. The first-order chi connectivity index (χ1) is 8.25. The molecule has 0 saturated carbocycles. The van der Waals surface area contributed by atoms with E-state index in [0.717, 1.165) is 16.8 Å². The van der Waals surface area contributed by atoms with Gasteiger partial charge in [0.15, 0.2) is 0 Å². The average Bonchev–Trinajstić information content (AvgIpc) is 2.38. The molecule has 3 heteroatoms. The van der Waals surface area contributed by atoms with Crippen LogP contribution in [0.5, 0.6) is 0 Å². The van der Waals surface area contributed by atoms with E-state index in [4.69, 9.17) is 0 Å². The Morgan fingerprint density at radius 1 is 1.12 bits per heavy atom. The van der Waals surface area contributed by atoms with Crippen molar-refractivity contribution in [2.45, 2.75) is 13.5 Å². The Balaban J connectivity index is 2.11. The van der Waals surface area contributed by atoms with Crippen LogP contribution in [-0.4, -0.2) is 10.9 Å². The molecular formula is C14H14N2O. The Morgan fingerprint density at radius 3 is 2.47 bits per heavy atom. The third kappa shape index (κ3) is 3.14. The number of nitrogens with zero attached hydrogens (tertiary/aromatic N) is 1.